The molecule has 0 bridgehead atoms. The van der Waals surface area contributed by atoms with Crippen LogP contribution in [0.4, 0.5) is 5.69 Å². The molecule has 0 saturated carbocycles. The van der Waals surface area contributed by atoms with E-state index in [2.05, 4.69) is 5.32 Å². The highest BCUT2D eigenvalue weighted by atomic mass is 16.5. The van der Waals surface area contributed by atoms with Crippen LogP contribution in [0.2, 0.25) is 0 Å². The largest absolute Gasteiger partial charge is 0.497 e. The molecule has 3 heteroatoms. The summed E-state index contributed by atoms with van der Waals surface area (Å²) < 4.78 is 5.02. The molecule has 0 fully saturated rings. The maximum Gasteiger partial charge on any atom is 0.144 e. The molecule has 14 heavy (non-hydrogen) atoms. The zero-order chi connectivity index (χ0) is 10.4. The van der Waals surface area contributed by atoms with Crippen molar-refractivity contribution in [2.24, 2.45) is 0 Å². The highest BCUT2D eigenvalue weighted by molar-refractivity contribution is 5.67. The summed E-state index contributed by atoms with van der Waals surface area (Å²) in [6.07, 6.45) is 2.23. The number of rotatable bonds is 4. The van der Waals surface area contributed by atoms with Gasteiger partial charge in [-0.2, -0.15) is 0 Å². The van der Waals surface area contributed by atoms with Crippen LogP contribution in [0.5, 0.6) is 5.75 Å². The van der Waals surface area contributed by atoms with Gasteiger partial charge in [-0.05, 0) is 37.3 Å². The van der Waals surface area contributed by atoms with Crippen LogP contribution in [0.15, 0.2) is 36.0 Å². The number of hydrogen-bond donors (Lipinski definition) is 1. The van der Waals surface area contributed by atoms with Crippen LogP contribution in [0, 0.1) is 0 Å². The van der Waals surface area contributed by atoms with Crippen LogP contribution in [0.25, 0.3) is 0 Å². The minimum atomic E-state index is 0.756. The van der Waals surface area contributed by atoms with Gasteiger partial charge < -0.3 is 10.1 Å². The summed E-state index contributed by atoms with van der Waals surface area (Å²) in [5, 5.41) is 3.07. The van der Waals surface area contributed by atoms with E-state index in [0.717, 1.165) is 23.4 Å². The Bertz CT molecular complexity index is 328. The van der Waals surface area contributed by atoms with E-state index in [9.17, 15) is 4.79 Å². The number of aldehydes is 1. The van der Waals surface area contributed by atoms with Crippen LogP contribution in [0.1, 0.15) is 6.92 Å². The predicted molar refractivity (Wildman–Crippen MR) is 56.4 cm³/mol. The molecular weight excluding hydrogens is 178 g/mol. The maximum atomic E-state index is 10.2. The number of methoxy groups -OCH3 is 1. The predicted octanol–water partition coefficient (Wildman–Crippen LogP) is 2.21. The lowest BCUT2D eigenvalue weighted by atomic mass is 10.3. The van der Waals surface area contributed by atoms with Crippen molar-refractivity contribution in [3.63, 3.8) is 0 Å². The number of allylic oxidation sites excluding steroid dienone is 2. The summed E-state index contributed by atoms with van der Waals surface area (Å²) in [5.74, 6) is 0.813. The molecule has 0 atom stereocenters. The third-order valence-electron chi connectivity index (χ3n) is 1.75. The fourth-order valence-electron chi connectivity index (χ4n) is 1.05. The number of hydrogen-bond acceptors (Lipinski definition) is 3. The van der Waals surface area contributed by atoms with Gasteiger partial charge in [-0.15, -0.1) is 0 Å². The summed E-state index contributed by atoms with van der Waals surface area (Å²) in [6.45, 7) is 1.83. The first-order chi connectivity index (χ1) is 6.76. The van der Waals surface area contributed by atoms with Gasteiger partial charge in [0.25, 0.3) is 0 Å². The first-order valence-corrected chi connectivity index (χ1v) is 4.29. The van der Waals surface area contributed by atoms with Crippen LogP contribution in [-0.4, -0.2) is 13.4 Å². The Hall–Kier alpha value is -1.77. The number of carbonyl (C=O) groups is 1. The Kier molecular flexibility index (Phi) is 3.73. The summed E-state index contributed by atoms with van der Waals surface area (Å²) in [6, 6.07) is 7.50. The lowest BCUT2D eigenvalue weighted by Gasteiger charge is -2.06. The van der Waals surface area contributed by atoms with Gasteiger partial charge in [-0.3, -0.25) is 4.79 Å². The monoisotopic (exact) mass is 191 g/mol. The Labute approximate surface area is 83.4 Å². The number of ether oxygens (including phenoxy) is 1. The van der Waals surface area contributed by atoms with Gasteiger partial charge >= 0.3 is 0 Å². The molecule has 0 aliphatic heterocycles. The van der Waals surface area contributed by atoms with E-state index in [1.165, 1.54) is 6.08 Å². The van der Waals surface area contributed by atoms with Gasteiger partial charge in [0, 0.05) is 11.4 Å². The molecule has 0 heterocycles. The Morgan fingerprint density at radius 1 is 1.36 bits per heavy atom. The highest BCUT2D eigenvalue weighted by Crippen LogP contribution is 2.16. The van der Waals surface area contributed by atoms with E-state index < -0.39 is 0 Å². The zero-order valence-corrected chi connectivity index (χ0v) is 8.28. The van der Waals surface area contributed by atoms with Gasteiger partial charge in [0.2, 0.25) is 0 Å². The molecule has 0 saturated heterocycles. The lowest BCUT2D eigenvalue weighted by molar-refractivity contribution is -0.104. The normalized spacial score (nSPS) is 10.9. The van der Waals surface area contributed by atoms with Crippen LogP contribution in [-0.2, 0) is 4.79 Å². The van der Waals surface area contributed by atoms with E-state index in [1.807, 2.05) is 31.2 Å². The van der Waals surface area contributed by atoms with Gasteiger partial charge in [0.15, 0.2) is 0 Å². The Balaban J connectivity index is 2.68. The fraction of sp³-hybridized carbons (Fsp3) is 0.182. The van der Waals surface area contributed by atoms with Crippen molar-refractivity contribution in [1.82, 2.24) is 0 Å². The SMILES string of the molecule is COc1ccc(N/C(C)=C\C=O)cc1. The van der Waals surface area contributed by atoms with E-state index in [4.69, 9.17) is 4.74 Å². The van der Waals surface area contributed by atoms with Gasteiger partial charge in [-0.25, -0.2) is 0 Å². The van der Waals surface area contributed by atoms with Crippen molar-refractivity contribution in [3.05, 3.63) is 36.0 Å². The topological polar surface area (TPSA) is 38.3 Å². The number of carbonyl (C=O) groups excluding carboxylic acids is 1. The van der Waals surface area contributed by atoms with E-state index in [0.29, 0.717) is 0 Å². The first kappa shape index (κ1) is 10.3. The first-order valence-electron chi connectivity index (χ1n) is 4.29. The third kappa shape index (κ3) is 2.94. The summed E-state index contributed by atoms with van der Waals surface area (Å²) in [4.78, 5) is 10.2. The number of anilines is 1. The quantitative estimate of drug-likeness (QED) is 0.585. The van der Waals surface area contributed by atoms with E-state index in [1.54, 1.807) is 7.11 Å². The van der Waals surface area contributed by atoms with Gasteiger partial charge in [0.05, 0.1) is 7.11 Å². The lowest BCUT2D eigenvalue weighted by Crippen LogP contribution is -1.95. The smallest absolute Gasteiger partial charge is 0.144 e. The molecule has 0 unspecified atom stereocenters. The van der Waals surface area contributed by atoms with Gasteiger partial charge in [0.1, 0.15) is 12.0 Å². The van der Waals surface area contributed by atoms with E-state index >= 15 is 0 Å². The zero-order valence-electron chi connectivity index (χ0n) is 8.28. The molecule has 0 aliphatic rings. The van der Waals surface area contributed by atoms with Crippen molar-refractivity contribution < 1.29 is 9.53 Å². The summed E-state index contributed by atoms with van der Waals surface area (Å²) >= 11 is 0. The maximum absolute atomic E-state index is 10.2. The van der Waals surface area contributed by atoms with Crippen LogP contribution >= 0.6 is 0 Å². The Morgan fingerprint density at radius 2 is 2.00 bits per heavy atom. The highest BCUT2D eigenvalue weighted by Gasteiger charge is 1.93. The minimum Gasteiger partial charge on any atom is -0.497 e. The second-order valence-corrected chi connectivity index (χ2v) is 2.84. The molecule has 0 amide bonds. The van der Waals surface area contributed by atoms with Crippen molar-refractivity contribution in [2.75, 3.05) is 12.4 Å². The van der Waals surface area contributed by atoms with Crippen LogP contribution < -0.4 is 10.1 Å². The summed E-state index contributed by atoms with van der Waals surface area (Å²) in [7, 11) is 1.62. The average molecular weight is 191 g/mol. The van der Waals surface area contributed by atoms with Crippen molar-refractivity contribution in [3.8, 4) is 5.75 Å². The molecule has 1 aromatic carbocycles. The summed E-state index contributed by atoms with van der Waals surface area (Å²) in [5.41, 5.74) is 1.74. The molecule has 0 aliphatic carbocycles. The molecule has 1 N–H and O–H groups in total. The number of nitrogens with one attached hydrogen (secondary N) is 1. The molecule has 0 radical (unpaired) electrons. The van der Waals surface area contributed by atoms with Crippen molar-refractivity contribution >= 4 is 12.0 Å². The second-order valence-electron chi connectivity index (χ2n) is 2.84. The van der Waals surface area contributed by atoms with Crippen LogP contribution in [0.3, 0.4) is 0 Å². The van der Waals surface area contributed by atoms with Crippen molar-refractivity contribution in [1.29, 1.82) is 0 Å². The molecule has 0 aromatic heterocycles. The minimum absolute atomic E-state index is 0.756. The molecule has 0 spiro atoms. The van der Waals surface area contributed by atoms with Gasteiger partial charge in [-0.1, -0.05) is 0 Å². The standard InChI is InChI=1S/C11H13NO2/c1-9(7-8-13)12-10-3-5-11(14-2)6-4-10/h3-8,12H,1-2H3/b9-7-. The third-order valence-corrected chi connectivity index (χ3v) is 1.75. The molecule has 74 valence electrons. The van der Waals surface area contributed by atoms with Crippen molar-refractivity contribution in [2.45, 2.75) is 6.92 Å². The van der Waals surface area contributed by atoms with E-state index in [-0.39, 0.29) is 0 Å². The fourth-order valence-corrected chi connectivity index (χ4v) is 1.05. The average Bonchev–Trinajstić information content (AvgIpc) is 2.19. The molecular formula is C11H13NO2. The Morgan fingerprint density at radius 3 is 2.50 bits per heavy atom. The molecule has 3 nitrogen and oxygen atoms in total. The molecule has 1 aromatic rings. The second kappa shape index (κ2) is 5.07. The number of benzene rings is 1. The molecule has 1 rings (SSSR count).